The summed E-state index contributed by atoms with van der Waals surface area (Å²) in [7, 11) is 0. The van der Waals surface area contributed by atoms with Crippen molar-refractivity contribution in [3.63, 3.8) is 0 Å². The predicted octanol–water partition coefficient (Wildman–Crippen LogP) is -0.635. The quantitative estimate of drug-likeness (QED) is 0.669. The molecule has 0 spiro atoms. The molecule has 2 aromatic carbocycles. The summed E-state index contributed by atoms with van der Waals surface area (Å²) in [5.41, 5.74) is 3.67. The van der Waals surface area contributed by atoms with Crippen LogP contribution in [0, 0.1) is 0 Å². The van der Waals surface area contributed by atoms with Crippen molar-refractivity contribution >= 4 is 11.0 Å². The van der Waals surface area contributed by atoms with Crippen LogP contribution in [-0.2, 0) is 6.54 Å². The molecule has 0 fully saturated rings. The Morgan fingerprint density at radius 3 is 2.57 bits per heavy atom. The average molecular weight is 302 g/mol. The van der Waals surface area contributed by atoms with Crippen molar-refractivity contribution in [2.75, 3.05) is 6.54 Å². The fraction of sp³-hybridized carbons (Fsp3) is 0.235. The Balaban J connectivity index is 0.00000161. The maximum Gasteiger partial charge on any atom is 0.109 e. The number of hydrogen-bond donors (Lipinski definition) is 1. The van der Waals surface area contributed by atoms with Crippen molar-refractivity contribution in [3.8, 4) is 0 Å². The van der Waals surface area contributed by atoms with E-state index in [1.54, 1.807) is 0 Å². The van der Waals surface area contributed by atoms with Crippen LogP contribution in [0.3, 0.4) is 0 Å². The molecule has 0 aliphatic rings. The van der Waals surface area contributed by atoms with Gasteiger partial charge in [0.25, 0.3) is 0 Å². The first kappa shape index (κ1) is 15.5. The van der Waals surface area contributed by atoms with Crippen molar-refractivity contribution in [2.45, 2.75) is 19.5 Å². The lowest BCUT2D eigenvalue weighted by molar-refractivity contribution is -0.693. The molecule has 3 nitrogen and oxygen atoms in total. The Bertz CT molecular complexity index is 679. The number of fused-ring (bicyclic) bond motifs is 1. The Hall–Kier alpha value is -1.84. The molecule has 0 saturated heterocycles. The maximum atomic E-state index is 4.42. The molecule has 0 amide bonds. The number of imidazole rings is 1. The van der Waals surface area contributed by atoms with Crippen LogP contribution >= 0.6 is 0 Å². The van der Waals surface area contributed by atoms with Gasteiger partial charge in [0.2, 0.25) is 0 Å². The monoisotopic (exact) mass is 301 g/mol. The number of nitrogens with zero attached hydrogens (tertiary/aromatic N) is 2. The summed E-state index contributed by atoms with van der Waals surface area (Å²) in [6.45, 7) is 4.29. The van der Waals surface area contributed by atoms with Gasteiger partial charge < -0.3 is 22.3 Å². The van der Waals surface area contributed by atoms with E-state index >= 15 is 0 Å². The molecule has 2 N–H and O–H groups in total. The van der Waals surface area contributed by atoms with Crippen molar-refractivity contribution in [2.24, 2.45) is 0 Å². The van der Waals surface area contributed by atoms with Gasteiger partial charge in [-0.3, -0.25) is 0 Å². The highest BCUT2D eigenvalue weighted by atomic mass is 35.5. The van der Waals surface area contributed by atoms with Crippen LogP contribution in [0.1, 0.15) is 18.5 Å². The van der Waals surface area contributed by atoms with Gasteiger partial charge in [0, 0.05) is 5.56 Å². The summed E-state index contributed by atoms with van der Waals surface area (Å²) in [4.78, 5) is 4.42. The molecular weight excluding hydrogens is 282 g/mol. The molecule has 0 aliphatic heterocycles. The molecule has 0 radical (unpaired) electrons. The van der Waals surface area contributed by atoms with E-state index in [1.165, 1.54) is 11.1 Å². The van der Waals surface area contributed by atoms with Gasteiger partial charge in [-0.25, -0.2) is 4.98 Å². The Kier molecular flexibility index (Phi) is 5.37. The van der Waals surface area contributed by atoms with Crippen LogP contribution in [-0.4, -0.2) is 16.1 Å². The summed E-state index contributed by atoms with van der Waals surface area (Å²) in [6.07, 6.45) is 1.94. The molecule has 110 valence electrons. The molecule has 21 heavy (non-hydrogen) atoms. The standard InChI is InChI=1S/C17H19N3.ClH/c1-14(15-7-3-2-4-8-15)18-11-12-20-13-19-16-9-5-6-10-17(16)20;/h2-10,13-14,18H,11-12H2,1H3;1H. The van der Waals surface area contributed by atoms with E-state index in [0.717, 1.165) is 18.6 Å². The van der Waals surface area contributed by atoms with Crippen LogP contribution in [0.5, 0.6) is 0 Å². The smallest absolute Gasteiger partial charge is 0.109 e. The Morgan fingerprint density at radius 1 is 1.05 bits per heavy atom. The van der Waals surface area contributed by atoms with Gasteiger partial charge in [0.05, 0.1) is 30.5 Å². The van der Waals surface area contributed by atoms with E-state index < -0.39 is 0 Å². The number of benzene rings is 2. The summed E-state index contributed by atoms with van der Waals surface area (Å²) < 4.78 is 2.23. The lowest BCUT2D eigenvalue weighted by Gasteiger charge is -2.11. The average Bonchev–Trinajstić information content (AvgIpc) is 2.92. The largest absolute Gasteiger partial charge is 1.00 e. The van der Waals surface area contributed by atoms with E-state index in [-0.39, 0.29) is 12.4 Å². The number of nitrogens with two attached hydrogens (primary N) is 1. The van der Waals surface area contributed by atoms with Gasteiger partial charge in [0.15, 0.2) is 0 Å². The molecule has 3 aromatic rings. The molecule has 1 heterocycles. The summed E-state index contributed by atoms with van der Waals surface area (Å²) >= 11 is 0. The zero-order valence-electron chi connectivity index (χ0n) is 12.1. The highest BCUT2D eigenvalue weighted by Crippen LogP contribution is 2.11. The van der Waals surface area contributed by atoms with Crippen LogP contribution in [0.4, 0.5) is 0 Å². The SMILES string of the molecule is CC([NH2+]CCn1cnc2ccccc21)c1ccccc1.[Cl-]. The number of halogens is 1. The summed E-state index contributed by atoms with van der Waals surface area (Å²) in [6, 6.07) is 19.4. The van der Waals surface area contributed by atoms with Crippen molar-refractivity contribution < 1.29 is 17.7 Å². The van der Waals surface area contributed by atoms with Gasteiger partial charge in [-0.1, -0.05) is 42.5 Å². The Labute approximate surface area is 131 Å². The van der Waals surface area contributed by atoms with Gasteiger partial charge in [-0.2, -0.15) is 0 Å². The normalized spacial score (nSPS) is 12.0. The Morgan fingerprint density at radius 2 is 1.76 bits per heavy atom. The maximum absolute atomic E-state index is 4.42. The fourth-order valence-corrected chi connectivity index (χ4v) is 2.54. The summed E-state index contributed by atoms with van der Waals surface area (Å²) in [5, 5.41) is 2.38. The van der Waals surface area contributed by atoms with Gasteiger partial charge >= 0.3 is 0 Å². The van der Waals surface area contributed by atoms with Crippen LogP contribution in [0.25, 0.3) is 11.0 Å². The van der Waals surface area contributed by atoms with Gasteiger partial charge in [-0.05, 0) is 19.1 Å². The first-order valence-electron chi connectivity index (χ1n) is 7.13. The lowest BCUT2D eigenvalue weighted by atomic mass is 10.1. The van der Waals surface area contributed by atoms with Crippen molar-refractivity contribution in [3.05, 3.63) is 66.5 Å². The van der Waals surface area contributed by atoms with Gasteiger partial charge in [-0.15, -0.1) is 0 Å². The van der Waals surface area contributed by atoms with Crippen molar-refractivity contribution in [1.82, 2.24) is 9.55 Å². The number of para-hydroxylation sites is 2. The zero-order chi connectivity index (χ0) is 13.8. The molecule has 4 heteroatoms. The van der Waals surface area contributed by atoms with Crippen molar-refractivity contribution in [1.29, 1.82) is 0 Å². The zero-order valence-corrected chi connectivity index (χ0v) is 12.9. The molecular formula is C17H20ClN3. The molecule has 0 aliphatic carbocycles. The summed E-state index contributed by atoms with van der Waals surface area (Å²) in [5.74, 6) is 0. The third-order valence-electron chi connectivity index (χ3n) is 3.74. The minimum Gasteiger partial charge on any atom is -1.00 e. The third kappa shape index (κ3) is 3.63. The molecule has 0 saturated carbocycles. The first-order valence-corrected chi connectivity index (χ1v) is 7.13. The molecule has 1 atom stereocenters. The number of rotatable bonds is 5. The number of quaternary nitrogens is 1. The highest BCUT2D eigenvalue weighted by molar-refractivity contribution is 5.74. The van der Waals surface area contributed by atoms with Crippen LogP contribution < -0.4 is 17.7 Å². The topological polar surface area (TPSA) is 34.4 Å². The van der Waals surface area contributed by atoms with E-state index in [4.69, 9.17) is 0 Å². The van der Waals surface area contributed by atoms with E-state index in [1.807, 2.05) is 12.4 Å². The van der Waals surface area contributed by atoms with E-state index in [9.17, 15) is 0 Å². The second-order valence-corrected chi connectivity index (χ2v) is 5.15. The van der Waals surface area contributed by atoms with Gasteiger partial charge in [0.1, 0.15) is 6.04 Å². The van der Waals surface area contributed by atoms with E-state index in [0.29, 0.717) is 6.04 Å². The highest BCUT2D eigenvalue weighted by Gasteiger charge is 2.07. The second kappa shape index (κ2) is 7.25. The fourth-order valence-electron chi connectivity index (χ4n) is 2.54. The minimum absolute atomic E-state index is 0. The van der Waals surface area contributed by atoms with Crippen LogP contribution in [0.2, 0.25) is 0 Å². The number of aromatic nitrogens is 2. The molecule has 1 aromatic heterocycles. The molecule has 0 bridgehead atoms. The van der Waals surface area contributed by atoms with E-state index in [2.05, 4.69) is 70.3 Å². The van der Waals surface area contributed by atoms with Crippen LogP contribution in [0.15, 0.2) is 60.9 Å². The molecule has 1 unspecified atom stereocenters. The lowest BCUT2D eigenvalue weighted by Crippen LogP contribution is -3.00. The third-order valence-corrected chi connectivity index (χ3v) is 3.74. The minimum atomic E-state index is 0. The molecule has 3 rings (SSSR count). The second-order valence-electron chi connectivity index (χ2n) is 5.15. The number of hydrogen-bond acceptors (Lipinski definition) is 1. The first-order chi connectivity index (χ1) is 9.84. The predicted molar refractivity (Wildman–Crippen MR) is 81.4 cm³/mol.